The van der Waals surface area contributed by atoms with Gasteiger partial charge in [0.1, 0.15) is 4.88 Å². The van der Waals surface area contributed by atoms with Crippen molar-refractivity contribution in [2.24, 2.45) is 0 Å². The van der Waals surface area contributed by atoms with Gasteiger partial charge in [-0.2, -0.15) is 0 Å². The molecule has 0 saturated carbocycles. The second-order valence-corrected chi connectivity index (χ2v) is 7.66. The molecule has 0 bridgehead atoms. The molecular weight excluding hydrogens is 350 g/mol. The average Bonchev–Trinajstić information content (AvgIpc) is 3.09. The Hall–Kier alpha value is -2.63. The zero-order valence-corrected chi connectivity index (χ0v) is 14.7. The number of hydrogen-bond donors (Lipinski definition) is 1. The highest BCUT2D eigenvalue weighted by Gasteiger charge is 2.12. The molecule has 0 radical (unpaired) electrons. The second-order valence-electron chi connectivity index (χ2n) is 5.46. The molecule has 4 rings (SSSR count). The van der Waals surface area contributed by atoms with Crippen LogP contribution in [0.5, 0.6) is 0 Å². The van der Waals surface area contributed by atoms with Gasteiger partial charge >= 0.3 is 5.97 Å². The van der Waals surface area contributed by atoms with Crippen LogP contribution in [0.15, 0.2) is 82.8 Å². The van der Waals surface area contributed by atoms with E-state index in [4.69, 9.17) is 0 Å². The van der Waals surface area contributed by atoms with Gasteiger partial charge in [0.2, 0.25) is 0 Å². The fourth-order valence-electron chi connectivity index (χ4n) is 2.60. The third-order valence-corrected chi connectivity index (χ3v) is 5.92. The Kier molecular flexibility index (Phi) is 4.26. The maximum absolute atomic E-state index is 11.2. The number of benzene rings is 2. The van der Waals surface area contributed by atoms with E-state index in [2.05, 4.69) is 41.4 Å². The first-order chi connectivity index (χ1) is 12.2. The van der Waals surface area contributed by atoms with Crippen molar-refractivity contribution in [3.8, 4) is 11.1 Å². The van der Waals surface area contributed by atoms with Crippen LogP contribution in [0.4, 0.5) is 0 Å². The molecule has 2 aromatic heterocycles. The van der Waals surface area contributed by atoms with Gasteiger partial charge in [-0.05, 0) is 29.3 Å². The predicted octanol–water partition coefficient (Wildman–Crippen LogP) is 5.81. The highest BCUT2D eigenvalue weighted by Crippen LogP contribution is 2.37. The molecule has 0 aliphatic carbocycles. The van der Waals surface area contributed by atoms with E-state index < -0.39 is 5.97 Å². The van der Waals surface area contributed by atoms with Crippen LogP contribution in [0.1, 0.15) is 9.67 Å². The first-order valence-electron chi connectivity index (χ1n) is 7.65. The number of carboxylic acid groups (broad SMARTS) is 1. The van der Waals surface area contributed by atoms with Crippen molar-refractivity contribution < 1.29 is 9.90 Å². The number of carbonyl (C=O) groups is 1. The van der Waals surface area contributed by atoms with E-state index in [1.807, 2.05) is 18.2 Å². The van der Waals surface area contributed by atoms with E-state index in [0.717, 1.165) is 19.9 Å². The monoisotopic (exact) mass is 363 g/mol. The normalized spacial score (nSPS) is 10.9. The van der Waals surface area contributed by atoms with Gasteiger partial charge in [-0.3, -0.25) is 4.98 Å². The number of aromatic carboxylic acids is 1. The number of pyridine rings is 1. The third-order valence-electron chi connectivity index (χ3n) is 3.81. The van der Waals surface area contributed by atoms with Crippen molar-refractivity contribution in [2.75, 3.05) is 0 Å². The van der Waals surface area contributed by atoms with Crippen LogP contribution in [0, 0.1) is 0 Å². The number of thiophene rings is 1. The van der Waals surface area contributed by atoms with Gasteiger partial charge < -0.3 is 5.11 Å². The molecule has 2 aromatic carbocycles. The van der Waals surface area contributed by atoms with Crippen LogP contribution >= 0.6 is 23.1 Å². The lowest BCUT2D eigenvalue weighted by Crippen LogP contribution is -1.89. The Balaban J connectivity index is 1.64. The molecule has 5 heteroatoms. The molecule has 0 amide bonds. The van der Waals surface area contributed by atoms with Gasteiger partial charge in [-0.1, -0.05) is 54.2 Å². The van der Waals surface area contributed by atoms with E-state index in [-0.39, 0.29) is 0 Å². The third kappa shape index (κ3) is 3.29. The van der Waals surface area contributed by atoms with E-state index in [0.29, 0.717) is 4.88 Å². The van der Waals surface area contributed by atoms with Crippen molar-refractivity contribution in [1.82, 2.24) is 4.98 Å². The lowest BCUT2D eigenvalue weighted by Gasteiger charge is -2.05. The van der Waals surface area contributed by atoms with Crippen molar-refractivity contribution in [3.63, 3.8) is 0 Å². The number of carboxylic acids is 1. The number of rotatable bonds is 4. The number of aromatic nitrogens is 1. The summed E-state index contributed by atoms with van der Waals surface area (Å²) in [5.74, 6) is -0.899. The lowest BCUT2D eigenvalue weighted by molar-refractivity contribution is 0.0702. The number of nitrogens with zero attached hydrogens (tertiary/aromatic N) is 1. The van der Waals surface area contributed by atoms with Gasteiger partial charge in [-0.25, -0.2) is 4.79 Å². The Labute approximate surface area is 153 Å². The van der Waals surface area contributed by atoms with Gasteiger partial charge in [0.05, 0.1) is 4.70 Å². The Morgan fingerprint density at radius 3 is 2.40 bits per heavy atom. The van der Waals surface area contributed by atoms with Crippen molar-refractivity contribution in [2.45, 2.75) is 9.79 Å². The summed E-state index contributed by atoms with van der Waals surface area (Å²) in [6.07, 6.45) is 3.51. The molecule has 2 heterocycles. The summed E-state index contributed by atoms with van der Waals surface area (Å²) >= 11 is 2.85. The molecule has 25 heavy (non-hydrogen) atoms. The number of fused-ring (bicyclic) bond motifs is 1. The predicted molar refractivity (Wildman–Crippen MR) is 103 cm³/mol. The molecule has 122 valence electrons. The van der Waals surface area contributed by atoms with Gasteiger partial charge in [0, 0.05) is 27.6 Å². The highest BCUT2D eigenvalue weighted by molar-refractivity contribution is 7.99. The topological polar surface area (TPSA) is 50.2 Å². The standard InChI is InChI=1S/C20H13NO2S2/c22-20(23)17-10-16-18(11-21-12-19(16)25-17)24-15-8-6-14(7-9-15)13-4-2-1-3-5-13/h1-12H,(H,22,23). The maximum atomic E-state index is 11.2. The minimum absolute atomic E-state index is 0.337. The zero-order chi connectivity index (χ0) is 17.2. The van der Waals surface area contributed by atoms with Gasteiger partial charge in [0.15, 0.2) is 0 Å². The van der Waals surface area contributed by atoms with Crippen LogP contribution in [-0.4, -0.2) is 16.1 Å². The van der Waals surface area contributed by atoms with Crippen LogP contribution in [0.25, 0.3) is 21.2 Å². The fourth-order valence-corrected chi connectivity index (χ4v) is 4.47. The second kappa shape index (κ2) is 6.70. The van der Waals surface area contributed by atoms with Crippen LogP contribution in [-0.2, 0) is 0 Å². The first kappa shape index (κ1) is 15.9. The smallest absolute Gasteiger partial charge is 0.345 e. The molecule has 0 aliphatic rings. The van der Waals surface area contributed by atoms with Crippen molar-refractivity contribution >= 4 is 39.2 Å². The minimum Gasteiger partial charge on any atom is -0.477 e. The Morgan fingerprint density at radius 1 is 0.960 bits per heavy atom. The van der Waals surface area contributed by atoms with E-state index in [1.165, 1.54) is 22.5 Å². The Morgan fingerprint density at radius 2 is 1.68 bits per heavy atom. The first-order valence-corrected chi connectivity index (χ1v) is 9.28. The summed E-state index contributed by atoms with van der Waals surface area (Å²) < 4.78 is 0.892. The molecular formula is C20H13NO2S2. The van der Waals surface area contributed by atoms with Crippen molar-refractivity contribution in [3.05, 3.63) is 77.9 Å². The molecule has 3 nitrogen and oxygen atoms in total. The molecule has 1 N–H and O–H groups in total. The van der Waals surface area contributed by atoms with Crippen LogP contribution in [0.2, 0.25) is 0 Å². The summed E-state index contributed by atoms with van der Waals surface area (Å²) in [6.45, 7) is 0. The van der Waals surface area contributed by atoms with E-state index in [1.54, 1.807) is 30.2 Å². The molecule has 0 aliphatic heterocycles. The molecule has 4 aromatic rings. The number of hydrogen-bond acceptors (Lipinski definition) is 4. The highest BCUT2D eigenvalue weighted by atomic mass is 32.2. The SMILES string of the molecule is O=C(O)c1cc2c(Sc3ccc(-c4ccccc4)cc3)cncc2s1. The molecule has 0 saturated heterocycles. The summed E-state index contributed by atoms with van der Waals surface area (Å²) in [5.41, 5.74) is 2.36. The summed E-state index contributed by atoms with van der Waals surface area (Å²) in [5, 5.41) is 10.1. The molecule has 0 fully saturated rings. The van der Waals surface area contributed by atoms with E-state index in [9.17, 15) is 9.90 Å². The molecule has 0 unspecified atom stereocenters. The molecule has 0 atom stereocenters. The van der Waals surface area contributed by atoms with Crippen molar-refractivity contribution in [1.29, 1.82) is 0 Å². The maximum Gasteiger partial charge on any atom is 0.345 e. The lowest BCUT2D eigenvalue weighted by atomic mass is 10.1. The van der Waals surface area contributed by atoms with E-state index >= 15 is 0 Å². The quantitative estimate of drug-likeness (QED) is 0.497. The Bertz CT molecular complexity index is 1040. The van der Waals surface area contributed by atoms with Gasteiger partial charge in [0.25, 0.3) is 0 Å². The van der Waals surface area contributed by atoms with Crippen LogP contribution < -0.4 is 0 Å². The molecule has 0 spiro atoms. The zero-order valence-electron chi connectivity index (χ0n) is 13.0. The summed E-state index contributed by atoms with van der Waals surface area (Å²) in [6, 6.07) is 20.3. The largest absolute Gasteiger partial charge is 0.477 e. The van der Waals surface area contributed by atoms with Gasteiger partial charge in [-0.15, -0.1) is 11.3 Å². The summed E-state index contributed by atoms with van der Waals surface area (Å²) in [4.78, 5) is 17.8. The minimum atomic E-state index is -0.899. The summed E-state index contributed by atoms with van der Waals surface area (Å²) in [7, 11) is 0. The average molecular weight is 363 g/mol. The fraction of sp³-hybridized carbons (Fsp3) is 0. The van der Waals surface area contributed by atoms with Crippen LogP contribution in [0.3, 0.4) is 0 Å².